The van der Waals surface area contributed by atoms with Crippen molar-refractivity contribution < 1.29 is 8.42 Å². The van der Waals surface area contributed by atoms with E-state index in [1.165, 1.54) is 0 Å². The van der Waals surface area contributed by atoms with Crippen LogP contribution in [0, 0.1) is 0 Å². The quantitative estimate of drug-likeness (QED) is 0.305. The van der Waals surface area contributed by atoms with E-state index in [4.69, 9.17) is 5.73 Å². The number of nitrogens with two attached hydrogens (primary N) is 1. The number of anilines is 1. The molecular weight excluding hydrogens is 352 g/mol. The standard InChI is InChI=1S/C17H20N6O2S/c1-26(24,25)23-17(21-10-12-3-2-4-14(18)9-12)22-11-13-5-7-19-16-15(13)6-8-20-16/h2-9H,10-11,18H2,1H3,(H,19,20)(H2,21,22,23). The van der Waals surface area contributed by atoms with Crippen LogP contribution in [-0.2, 0) is 23.1 Å². The smallest absolute Gasteiger partial charge is 0.232 e. The number of benzene rings is 1. The molecular formula is C17H20N6O2S. The third kappa shape index (κ3) is 4.73. The second kappa shape index (κ2) is 7.44. The summed E-state index contributed by atoms with van der Waals surface area (Å²) in [5.41, 5.74) is 9.03. The van der Waals surface area contributed by atoms with Gasteiger partial charge in [-0.25, -0.2) is 18.4 Å². The molecule has 3 aromatic rings. The average Bonchev–Trinajstić information content (AvgIpc) is 3.05. The summed E-state index contributed by atoms with van der Waals surface area (Å²) in [6.45, 7) is 0.695. The van der Waals surface area contributed by atoms with Crippen LogP contribution in [0.3, 0.4) is 0 Å². The lowest BCUT2D eigenvalue weighted by molar-refractivity contribution is 0.597. The highest BCUT2D eigenvalue weighted by atomic mass is 32.2. The van der Waals surface area contributed by atoms with Gasteiger partial charge in [-0.1, -0.05) is 12.1 Å². The topological polar surface area (TPSA) is 125 Å². The molecule has 2 heterocycles. The number of rotatable bonds is 5. The van der Waals surface area contributed by atoms with Gasteiger partial charge in [-0.05, 0) is 35.4 Å². The van der Waals surface area contributed by atoms with Crippen LogP contribution in [0.2, 0.25) is 0 Å². The highest BCUT2D eigenvalue weighted by molar-refractivity contribution is 7.89. The first-order valence-electron chi connectivity index (χ1n) is 7.92. The Morgan fingerprint density at radius 2 is 2.15 bits per heavy atom. The summed E-state index contributed by atoms with van der Waals surface area (Å²) >= 11 is 0. The fourth-order valence-corrected chi connectivity index (χ4v) is 3.00. The summed E-state index contributed by atoms with van der Waals surface area (Å²) in [6, 6.07) is 11.1. The Labute approximate surface area is 151 Å². The molecule has 8 nitrogen and oxygen atoms in total. The zero-order chi connectivity index (χ0) is 18.6. The molecule has 2 aromatic heterocycles. The molecule has 0 atom stereocenters. The normalized spacial score (nSPS) is 12.3. The average molecular weight is 372 g/mol. The Balaban J connectivity index is 1.77. The molecule has 0 aliphatic carbocycles. The van der Waals surface area contributed by atoms with Crippen molar-refractivity contribution in [2.75, 3.05) is 12.0 Å². The maximum atomic E-state index is 11.6. The van der Waals surface area contributed by atoms with Crippen molar-refractivity contribution in [1.29, 1.82) is 0 Å². The predicted octanol–water partition coefficient (Wildman–Crippen LogP) is 1.34. The molecule has 0 aliphatic rings. The van der Waals surface area contributed by atoms with Gasteiger partial charge < -0.3 is 16.0 Å². The second-order valence-electron chi connectivity index (χ2n) is 5.85. The van der Waals surface area contributed by atoms with Crippen LogP contribution < -0.4 is 15.8 Å². The summed E-state index contributed by atoms with van der Waals surface area (Å²) in [4.78, 5) is 11.6. The lowest BCUT2D eigenvalue weighted by Gasteiger charge is -2.12. The molecule has 0 unspecified atom stereocenters. The number of hydrogen-bond acceptors (Lipinski definition) is 5. The predicted molar refractivity (Wildman–Crippen MR) is 103 cm³/mol. The van der Waals surface area contributed by atoms with Crippen molar-refractivity contribution in [3.8, 4) is 0 Å². The first-order valence-corrected chi connectivity index (χ1v) is 9.81. The SMILES string of the molecule is CS(=O)(=O)NC(=NCc1cccc(N)c1)NCc1ccnc2[nH]ccc12. The fourth-order valence-electron chi connectivity index (χ4n) is 2.51. The molecule has 0 saturated carbocycles. The summed E-state index contributed by atoms with van der Waals surface area (Å²) < 4.78 is 25.7. The molecule has 0 fully saturated rings. The van der Waals surface area contributed by atoms with Crippen molar-refractivity contribution in [3.63, 3.8) is 0 Å². The van der Waals surface area contributed by atoms with Gasteiger partial charge in [-0.3, -0.25) is 4.72 Å². The lowest BCUT2D eigenvalue weighted by atomic mass is 10.2. The maximum absolute atomic E-state index is 11.6. The summed E-state index contributed by atoms with van der Waals surface area (Å²) in [7, 11) is -3.46. The number of guanidine groups is 1. The van der Waals surface area contributed by atoms with E-state index in [-0.39, 0.29) is 5.96 Å². The number of nitrogens with zero attached hydrogens (tertiary/aromatic N) is 2. The van der Waals surface area contributed by atoms with Crippen molar-refractivity contribution in [1.82, 2.24) is 20.0 Å². The number of sulfonamides is 1. The molecule has 26 heavy (non-hydrogen) atoms. The minimum Gasteiger partial charge on any atom is -0.399 e. The molecule has 0 amide bonds. The number of aliphatic imine (C=N–C) groups is 1. The van der Waals surface area contributed by atoms with Crippen LogP contribution >= 0.6 is 0 Å². The van der Waals surface area contributed by atoms with Gasteiger partial charge in [0.1, 0.15) is 5.65 Å². The van der Waals surface area contributed by atoms with Crippen LogP contribution in [0.5, 0.6) is 0 Å². The molecule has 0 bridgehead atoms. The van der Waals surface area contributed by atoms with Gasteiger partial charge in [0, 0.05) is 30.0 Å². The monoisotopic (exact) mass is 372 g/mol. The number of aromatic amines is 1. The zero-order valence-electron chi connectivity index (χ0n) is 14.2. The third-order valence-corrected chi connectivity index (χ3v) is 4.21. The second-order valence-corrected chi connectivity index (χ2v) is 7.60. The first kappa shape index (κ1) is 17.7. The van der Waals surface area contributed by atoms with Gasteiger partial charge in [-0.2, -0.15) is 0 Å². The first-order chi connectivity index (χ1) is 12.4. The number of H-pyrrole nitrogens is 1. The summed E-state index contributed by atoms with van der Waals surface area (Å²) in [6.07, 6.45) is 4.59. The fraction of sp³-hybridized carbons (Fsp3) is 0.176. The molecule has 0 aliphatic heterocycles. The highest BCUT2D eigenvalue weighted by Gasteiger charge is 2.08. The number of hydrogen-bond donors (Lipinski definition) is 4. The number of pyridine rings is 1. The van der Waals surface area contributed by atoms with E-state index in [2.05, 4.69) is 25.0 Å². The molecule has 3 rings (SSSR count). The van der Waals surface area contributed by atoms with E-state index < -0.39 is 10.0 Å². The third-order valence-electron chi connectivity index (χ3n) is 3.65. The Bertz CT molecular complexity index is 1040. The Morgan fingerprint density at radius 3 is 2.92 bits per heavy atom. The Kier molecular flexibility index (Phi) is 5.08. The molecule has 9 heteroatoms. The van der Waals surface area contributed by atoms with E-state index in [0.717, 1.165) is 28.4 Å². The summed E-state index contributed by atoms with van der Waals surface area (Å²) in [5, 5.41) is 4.01. The van der Waals surface area contributed by atoms with Gasteiger partial charge in [0.15, 0.2) is 0 Å². The van der Waals surface area contributed by atoms with E-state index in [0.29, 0.717) is 18.8 Å². The molecule has 136 valence electrons. The van der Waals surface area contributed by atoms with Gasteiger partial charge in [0.25, 0.3) is 0 Å². The van der Waals surface area contributed by atoms with Gasteiger partial charge in [0.05, 0.1) is 12.8 Å². The molecule has 0 spiro atoms. The van der Waals surface area contributed by atoms with E-state index >= 15 is 0 Å². The van der Waals surface area contributed by atoms with Crippen LogP contribution in [0.15, 0.2) is 53.8 Å². The Morgan fingerprint density at radius 1 is 1.31 bits per heavy atom. The maximum Gasteiger partial charge on any atom is 0.232 e. The number of nitrogens with one attached hydrogen (secondary N) is 3. The minimum absolute atomic E-state index is 0.176. The number of fused-ring (bicyclic) bond motifs is 1. The Hall–Kier alpha value is -3.07. The van der Waals surface area contributed by atoms with Crippen molar-refractivity contribution in [2.45, 2.75) is 13.1 Å². The largest absolute Gasteiger partial charge is 0.399 e. The van der Waals surface area contributed by atoms with E-state index in [1.54, 1.807) is 18.3 Å². The van der Waals surface area contributed by atoms with Crippen LogP contribution in [0.1, 0.15) is 11.1 Å². The van der Waals surface area contributed by atoms with Crippen molar-refractivity contribution in [3.05, 3.63) is 59.9 Å². The summed E-state index contributed by atoms with van der Waals surface area (Å²) in [5.74, 6) is 0.176. The molecule has 1 aromatic carbocycles. The van der Waals surface area contributed by atoms with Crippen LogP contribution in [0.4, 0.5) is 5.69 Å². The zero-order valence-corrected chi connectivity index (χ0v) is 15.0. The van der Waals surface area contributed by atoms with E-state index in [1.807, 2.05) is 30.5 Å². The number of nitrogen functional groups attached to an aromatic ring is 1. The van der Waals surface area contributed by atoms with E-state index in [9.17, 15) is 8.42 Å². The van der Waals surface area contributed by atoms with Crippen molar-refractivity contribution >= 4 is 32.7 Å². The van der Waals surface area contributed by atoms with Gasteiger partial charge in [-0.15, -0.1) is 0 Å². The highest BCUT2D eigenvalue weighted by Crippen LogP contribution is 2.14. The lowest BCUT2D eigenvalue weighted by Crippen LogP contribution is -2.40. The molecule has 5 N–H and O–H groups in total. The number of aromatic nitrogens is 2. The van der Waals surface area contributed by atoms with Gasteiger partial charge >= 0.3 is 0 Å². The van der Waals surface area contributed by atoms with Gasteiger partial charge in [0.2, 0.25) is 16.0 Å². The molecule has 0 saturated heterocycles. The minimum atomic E-state index is -3.46. The van der Waals surface area contributed by atoms with Crippen LogP contribution in [0.25, 0.3) is 11.0 Å². The van der Waals surface area contributed by atoms with Crippen LogP contribution in [-0.4, -0.2) is 30.6 Å². The molecule has 0 radical (unpaired) electrons. The van der Waals surface area contributed by atoms with Crippen molar-refractivity contribution in [2.24, 2.45) is 4.99 Å².